The normalized spacial score (nSPS) is 27.9. The molecule has 0 bridgehead atoms. The number of aliphatic carboxylic acids is 1. The molecular formula is C14H20N2O5. The van der Waals surface area contributed by atoms with E-state index in [0.717, 1.165) is 0 Å². The lowest BCUT2D eigenvalue weighted by molar-refractivity contribution is -0.133. The lowest BCUT2D eigenvalue weighted by Gasteiger charge is -2.30. The maximum atomic E-state index is 11.9. The van der Waals surface area contributed by atoms with Crippen molar-refractivity contribution < 1.29 is 24.2 Å². The molecule has 0 radical (unpaired) electrons. The van der Waals surface area contributed by atoms with Crippen molar-refractivity contribution in [2.75, 3.05) is 0 Å². The minimum absolute atomic E-state index is 0.190. The van der Waals surface area contributed by atoms with E-state index in [9.17, 15) is 9.59 Å². The molecule has 116 valence electrons. The Morgan fingerprint density at radius 2 is 2.14 bits per heavy atom. The molecule has 0 saturated heterocycles. The van der Waals surface area contributed by atoms with Crippen molar-refractivity contribution in [3.63, 3.8) is 0 Å². The smallest absolute Gasteiger partial charge is 0.407 e. The molecule has 0 fully saturated rings. The summed E-state index contributed by atoms with van der Waals surface area (Å²) >= 11 is 0. The zero-order valence-corrected chi connectivity index (χ0v) is 12.5. The molecule has 1 aliphatic heterocycles. The first-order valence-electron chi connectivity index (χ1n) is 6.80. The van der Waals surface area contributed by atoms with Crippen LogP contribution in [0.4, 0.5) is 4.79 Å². The lowest BCUT2D eigenvalue weighted by atomic mass is 9.89. The molecule has 1 aliphatic carbocycles. The number of amides is 1. The Morgan fingerprint density at radius 1 is 1.48 bits per heavy atom. The van der Waals surface area contributed by atoms with E-state index in [1.165, 1.54) is 0 Å². The van der Waals surface area contributed by atoms with Crippen LogP contribution in [0.5, 0.6) is 0 Å². The van der Waals surface area contributed by atoms with Crippen LogP contribution in [0.2, 0.25) is 0 Å². The van der Waals surface area contributed by atoms with Crippen LogP contribution in [-0.2, 0) is 14.3 Å². The molecule has 0 aromatic carbocycles. The minimum atomic E-state index is -1.02. The predicted octanol–water partition coefficient (Wildman–Crippen LogP) is 1.48. The Morgan fingerprint density at radius 3 is 2.71 bits per heavy atom. The molecular weight excluding hydrogens is 276 g/mol. The summed E-state index contributed by atoms with van der Waals surface area (Å²) in [4.78, 5) is 27.4. The quantitative estimate of drug-likeness (QED) is 0.804. The summed E-state index contributed by atoms with van der Waals surface area (Å²) in [6.07, 6.45) is 0.707. The summed E-state index contributed by atoms with van der Waals surface area (Å²) < 4.78 is 10.7. The number of aliphatic imine (C=N–C) groups is 1. The number of hydrogen-bond donors (Lipinski definition) is 2. The SMILES string of the molecule is CC1=NC2C(NC(=O)OC(C)(C)C)CC(C(=O)O)=CC2O1. The van der Waals surface area contributed by atoms with E-state index >= 15 is 0 Å². The highest BCUT2D eigenvalue weighted by molar-refractivity contribution is 5.88. The first-order valence-corrected chi connectivity index (χ1v) is 6.80. The van der Waals surface area contributed by atoms with Gasteiger partial charge in [0.1, 0.15) is 17.7 Å². The van der Waals surface area contributed by atoms with Crippen LogP contribution in [0.25, 0.3) is 0 Å². The fourth-order valence-corrected chi connectivity index (χ4v) is 2.41. The summed E-state index contributed by atoms with van der Waals surface area (Å²) in [6.45, 7) is 7.00. The molecule has 0 saturated carbocycles. The Hall–Kier alpha value is -2.05. The van der Waals surface area contributed by atoms with Crippen LogP contribution in [0.15, 0.2) is 16.6 Å². The monoisotopic (exact) mass is 296 g/mol. The van der Waals surface area contributed by atoms with Gasteiger partial charge in [0.15, 0.2) is 5.90 Å². The highest BCUT2D eigenvalue weighted by Gasteiger charge is 2.41. The number of carboxylic acid groups (broad SMARTS) is 1. The molecule has 2 aliphatic rings. The number of nitrogens with one attached hydrogen (secondary N) is 1. The van der Waals surface area contributed by atoms with Crippen molar-refractivity contribution in [2.45, 2.75) is 57.9 Å². The van der Waals surface area contributed by atoms with Gasteiger partial charge in [-0.2, -0.15) is 0 Å². The molecule has 2 rings (SSSR count). The van der Waals surface area contributed by atoms with E-state index in [4.69, 9.17) is 14.6 Å². The Kier molecular flexibility index (Phi) is 3.93. The Balaban J connectivity index is 2.12. The van der Waals surface area contributed by atoms with Gasteiger partial charge in [0.25, 0.3) is 0 Å². The number of carboxylic acids is 1. The molecule has 3 unspecified atom stereocenters. The van der Waals surface area contributed by atoms with E-state index in [1.54, 1.807) is 33.8 Å². The van der Waals surface area contributed by atoms with Crippen molar-refractivity contribution in [3.8, 4) is 0 Å². The molecule has 1 heterocycles. The van der Waals surface area contributed by atoms with Gasteiger partial charge >= 0.3 is 12.1 Å². The topological polar surface area (TPSA) is 97.2 Å². The number of ether oxygens (including phenoxy) is 2. The number of hydrogen-bond acceptors (Lipinski definition) is 5. The van der Waals surface area contributed by atoms with Gasteiger partial charge in [-0.05, 0) is 26.8 Å². The van der Waals surface area contributed by atoms with Gasteiger partial charge < -0.3 is 19.9 Å². The van der Waals surface area contributed by atoms with Crippen molar-refractivity contribution in [3.05, 3.63) is 11.6 Å². The van der Waals surface area contributed by atoms with Crippen molar-refractivity contribution in [2.24, 2.45) is 4.99 Å². The summed E-state index contributed by atoms with van der Waals surface area (Å²) in [5.41, 5.74) is -0.406. The fourth-order valence-electron chi connectivity index (χ4n) is 2.41. The van der Waals surface area contributed by atoms with Gasteiger partial charge in [0.05, 0.1) is 6.04 Å². The molecule has 2 N–H and O–H groups in total. The second kappa shape index (κ2) is 5.38. The van der Waals surface area contributed by atoms with Gasteiger partial charge in [-0.1, -0.05) is 0 Å². The predicted molar refractivity (Wildman–Crippen MR) is 75.3 cm³/mol. The molecule has 21 heavy (non-hydrogen) atoms. The van der Waals surface area contributed by atoms with Gasteiger partial charge in [-0.15, -0.1) is 0 Å². The average Bonchev–Trinajstić information content (AvgIpc) is 2.66. The second-order valence-electron chi connectivity index (χ2n) is 6.18. The second-order valence-corrected chi connectivity index (χ2v) is 6.18. The molecule has 7 heteroatoms. The van der Waals surface area contributed by atoms with E-state index in [2.05, 4.69) is 10.3 Å². The zero-order chi connectivity index (χ0) is 15.8. The lowest BCUT2D eigenvalue weighted by Crippen LogP contribution is -2.50. The first kappa shape index (κ1) is 15.3. The van der Waals surface area contributed by atoms with Crippen LogP contribution < -0.4 is 5.32 Å². The number of alkyl carbamates (subject to hydrolysis) is 1. The van der Waals surface area contributed by atoms with Gasteiger partial charge in [0, 0.05) is 18.9 Å². The largest absolute Gasteiger partial charge is 0.478 e. The number of rotatable bonds is 2. The number of carbonyl (C=O) groups is 2. The van der Waals surface area contributed by atoms with Gasteiger partial charge in [0.2, 0.25) is 0 Å². The van der Waals surface area contributed by atoms with Crippen LogP contribution in [0, 0.1) is 0 Å². The molecule has 3 atom stereocenters. The maximum Gasteiger partial charge on any atom is 0.407 e. The zero-order valence-electron chi connectivity index (χ0n) is 12.5. The average molecular weight is 296 g/mol. The molecule has 7 nitrogen and oxygen atoms in total. The summed E-state index contributed by atoms with van der Waals surface area (Å²) in [5, 5.41) is 11.9. The van der Waals surface area contributed by atoms with Crippen LogP contribution in [0.1, 0.15) is 34.1 Å². The van der Waals surface area contributed by atoms with Crippen LogP contribution >= 0.6 is 0 Å². The van der Waals surface area contributed by atoms with E-state index in [0.29, 0.717) is 5.90 Å². The summed E-state index contributed by atoms with van der Waals surface area (Å²) in [6, 6.07) is -0.779. The highest BCUT2D eigenvalue weighted by atomic mass is 16.6. The van der Waals surface area contributed by atoms with Gasteiger partial charge in [-0.3, -0.25) is 0 Å². The fraction of sp³-hybridized carbons (Fsp3) is 0.643. The van der Waals surface area contributed by atoms with Crippen molar-refractivity contribution in [1.82, 2.24) is 5.32 Å². The third kappa shape index (κ3) is 3.74. The number of carbonyl (C=O) groups excluding carboxylic acids is 1. The summed E-state index contributed by atoms with van der Waals surface area (Å²) in [5.74, 6) is -0.526. The van der Waals surface area contributed by atoms with E-state index in [-0.39, 0.29) is 18.0 Å². The van der Waals surface area contributed by atoms with Crippen molar-refractivity contribution in [1.29, 1.82) is 0 Å². The Labute approximate surface area is 123 Å². The van der Waals surface area contributed by atoms with Gasteiger partial charge in [-0.25, -0.2) is 14.6 Å². The highest BCUT2D eigenvalue weighted by Crippen LogP contribution is 2.28. The summed E-state index contributed by atoms with van der Waals surface area (Å²) in [7, 11) is 0. The van der Waals surface area contributed by atoms with Crippen molar-refractivity contribution >= 4 is 18.0 Å². The minimum Gasteiger partial charge on any atom is -0.478 e. The number of nitrogens with zero attached hydrogens (tertiary/aromatic N) is 1. The molecule has 0 aromatic rings. The first-order chi connectivity index (χ1) is 9.65. The molecule has 1 amide bonds. The molecule has 0 aromatic heterocycles. The van der Waals surface area contributed by atoms with Crippen LogP contribution in [0.3, 0.4) is 0 Å². The third-order valence-electron chi connectivity index (χ3n) is 3.17. The third-order valence-corrected chi connectivity index (χ3v) is 3.17. The van der Waals surface area contributed by atoms with Crippen LogP contribution in [-0.4, -0.2) is 46.9 Å². The maximum absolute atomic E-state index is 11.9. The number of fused-ring (bicyclic) bond motifs is 1. The standard InChI is InChI=1S/C14H20N2O5/c1-7-15-11-9(16-13(19)21-14(2,3)4)5-8(12(17)18)6-10(11)20-7/h6,9-11H,5H2,1-4H3,(H,16,19)(H,17,18). The Bertz CT molecular complexity index is 518. The molecule has 0 spiro atoms. The van der Waals surface area contributed by atoms with E-state index < -0.39 is 29.8 Å². The van der Waals surface area contributed by atoms with E-state index in [1.807, 2.05) is 0 Å².